The summed E-state index contributed by atoms with van der Waals surface area (Å²) < 4.78 is 36.5. The molecule has 1 nitrogen and oxygen atoms in total. The molecule has 0 saturated heterocycles. The number of rotatable bonds is 2. The number of hydrogen-bond donors (Lipinski definition) is 0. The Bertz CT molecular complexity index is 277. The van der Waals surface area contributed by atoms with Crippen molar-refractivity contribution >= 4 is 11.6 Å². The average molecular weight is 196 g/mol. The normalized spacial score (nSPS) is 10.8. The maximum Gasteiger partial charge on any atom is 0.280 e. The summed E-state index contributed by atoms with van der Waals surface area (Å²) in [4.78, 5) is 3.43. The molecule has 1 aromatic heterocycles. The molecule has 5 heteroatoms. The van der Waals surface area contributed by atoms with Crippen molar-refractivity contribution in [3.8, 4) is 0 Å². The first-order valence-corrected chi connectivity index (χ1v) is 3.67. The van der Waals surface area contributed by atoms with E-state index in [1.807, 2.05) is 0 Å². The number of nitrogens with zero attached hydrogens (tertiary/aromatic N) is 1. The Morgan fingerprint density at radius 2 is 2.08 bits per heavy atom. The van der Waals surface area contributed by atoms with E-state index in [9.17, 15) is 13.2 Å². The van der Waals surface area contributed by atoms with Gasteiger partial charge in [-0.1, -0.05) is 0 Å². The molecule has 1 rings (SSSR count). The zero-order chi connectivity index (χ0) is 9.14. The maximum atomic E-state index is 12.5. The van der Waals surface area contributed by atoms with Gasteiger partial charge in [-0.05, 0) is 6.07 Å². The number of alkyl halides is 3. The monoisotopic (exact) mass is 195 g/mol. The summed E-state index contributed by atoms with van der Waals surface area (Å²) in [5, 5.41) is 0. The smallest absolute Gasteiger partial charge is 0.250 e. The van der Waals surface area contributed by atoms with Gasteiger partial charge in [0, 0.05) is 6.07 Å². The second-order valence-electron chi connectivity index (χ2n) is 2.14. The molecule has 0 aromatic carbocycles. The van der Waals surface area contributed by atoms with E-state index < -0.39 is 17.9 Å². The van der Waals surface area contributed by atoms with Crippen molar-refractivity contribution in [3.63, 3.8) is 0 Å². The highest BCUT2D eigenvalue weighted by molar-refractivity contribution is 6.16. The van der Waals surface area contributed by atoms with Gasteiger partial charge < -0.3 is 0 Å². The molecule has 66 valence electrons. The molecule has 0 aliphatic heterocycles. The van der Waals surface area contributed by atoms with Gasteiger partial charge in [-0.2, -0.15) is 0 Å². The third-order valence-corrected chi connectivity index (χ3v) is 1.50. The minimum Gasteiger partial charge on any atom is -0.250 e. The van der Waals surface area contributed by atoms with Crippen molar-refractivity contribution in [2.75, 3.05) is 0 Å². The largest absolute Gasteiger partial charge is 0.280 e. The molecule has 0 aliphatic carbocycles. The predicted molar refractivity (Wildman–Crippen MR) is 38.7 cm³/mol. The van der Waals surface area contributed by atoms with E-state index in [1.165, 1.54) is 0 Å². The topological polar surface area (TPSA) is 12.9 Å². The predicted octanol–water partition coefficient (Wildman–Crippen LogP) is 2.90. The third kappa shape index (κ3) is 2.11. The van der Waals surface area contributed by atoms with Gasteiger partial charge in [0.15, 0.2) is 0 Å². The Balaban J connectivity index is 3.06. The number of hydrogen-bond acceptors (Lipinski definition) is 1. The standard InChI is InChI=1S/C7H5ClF3N/c8-3-5-1-4(9)2-6(12-5)7(10)11/h1-2,7H,3H2. The van der Waals surface area contributed by atoms with Crippen molar-refractivity contribution in [2.24, 2.45) is 0 Å². The van der Waals surface area contributed by atoms with Gasteiger partial charge in [-0.3, -0.25) is 4.98 Å². The van der Waals surface area contributed by atoms with Gasteiger partial charge in [0.2, 0.25) is 0 Å². The first kappa shape index (κ1) is 9.32. The number of halogens is 4. The van der Waals surface area contributed by atoms with Crippen LogP contribution in [0, 0.1) is 5.82 Å². The molecule has 0 radical (unpaired) electrons. The molecule has 0 saturated carbocycles. The highest BCUT2D eigenvalue weighted by Crippen LogP contribution is 2.18. The summed E-state index contributed by atoms with van der Waals surface area (Å²) in [6.07, 6.45) is -2.76. The average Bonchev–Trinajstić information content (AvgIpc) is 2.03. The Labute approximate surface area is 72.2 Å². The van der Waals surface area contributed by atoms with E-state index in [0.717, 1.165) is 6.07 Å². The molecule has 0 atom stereocenters. The maximum absolute atomic E-state index is 12.5. The lowest BCUT2D eigenvalue weighted by atomic mass is 10.3. The molecule has 1 aromatic rings. The van der Waals surface area contributed by atoms with Crippen LogP contribution in [0.4, 0.5) is 13.2 Å². The van der Waals surface area contributed by atoms with Crippen molar-refractivity contribution in [2.45, 2.75) is 12.3 Å². The number of aromatic nitrogens is 1. The van der Waals surface area contributed by atoms with Gasteiger partial charge >= 0.3 is 0 Å². The second-order valence-corrected chi connectivity index (χ2v) is 2.40. The zero-order valence-corrected chi connectivity index (χ0v) is 6.65. The van der Waals surface area contributed by atoms with Gasteiger partial charge in [0.05, 0.1) is 11.6 Å². The van der Waals surface area contributed by atoms with Crippen LogP contribution in [-0.2, 0) is 5.88 Å². The van der Waals surface area contributed by atoms with E-state index in [2.05, 4.69) is 4.98 Å². The molecule has 0 N–H and O–H groups in total. The molecule has 0 fully saturated rings. The van der Waals surface area contributed by atoms with Crippen LogP contribution in [0.5, 0.6) is 0 Å². The van der Waals surface area contributed by atoms with Gasteiger partial charge in [0.1, 0.15) is 11.5 Å². The second kappa shape index (κ2) is 3.76. The van der Waals surface area contributed by atoms with Crippen LogP contribution < -0.4 is 0 Å². The minimum atomic E-state index is -2.76. The van der Waals surface area contributed by atoms with Crippen LogP contribution in [0.2, 0.25) is 0 Å². The summed E-state index contributed by atoms with van der Waals surface area (Å²) >= 11 is 5.30. The highest BCUT2D eigenvalue weighted by atomic mass is 35.5. The lowest BCUT2D eigenvalue weighted by Gasteiger charge is -2.00. The lowest BCUT2D eigenvalue weighted by molar-refractivity contribution is 0.145. The first-order chi connectivity index (χ1) is 5.63. The van der Waals surface area contributed by atoms with Crippen molar-refractivity contribution in [1.82, 2.24) is 4.98 Å². The molecule has 0 aliphatic rings. The molecule has 0 amide bonds. The summed E-state index contributed by atoms with van der Waals surface area (Å²) in [6.45, 7) is 0. The fourth-order valence-electron chi connectivity index (χ4n) is 0.753. The lowest BCUT2D eigenvalue weighted by Crippen LogP contribution is -1.95. The molecule has 1 heterocycles. The fraction of sp³-hybridized carbons (Fsp3) is 0.286. The van der Waals surface area contributed by atoms with E-state index in [0.29, 0.717) is 6.07 Å². The van der Waals surface area contributed by atoms with Crippen LogP contribution in [0.1, 0.15) is 17.8 Å². The van der Waals surface area contributed by atoms with E-state index in [-0.39, 0.29) is 11.6 Å². The van der Waals surface area contributed by atoms with Gasteiger partial charge in [0.25, 0.3) is 6.43 Å². The van der Waals surface area contributed by atoms with Gasteiger partial charge in [-0.25, -0.2) is 13.2 Å². The van der Waals surface area contributed by atoms with E-state index >= 15 is 0 Å². The summed E-state index contributed by atoms with van der Waals surface area (Å²) in [7, 11) is 0. The van der Waals surface area contributed by atoms with Crippen LogP contribution in [0.3, 0.4) is 0 Å². The molecule has 0 unspecified atom stereocenters. The third-order valence-electron chi connectivity index (χ3n) is 1.22. The Kier molecular flexibility index (Phi) is 2.92. The van der Waals surface area contributed by atoms with Crippen LogP contribution in [0.25, 0.3) is 0 Å². The van der Waals surface area contributed by atoms with Crippen molar-refractivity contribution in [3.05, 3.63) is 29.3 Å². The Hall–Kier alpha value is -0.770. The van der Waals surface area contributed by atoms with Crippen molar-refractivity contribution < 1.29 is 13.2 Å². The minimum absolute atomic E-state index is 0.0719. The van der Waals surface area contributed by atoms with E-state index in [4.69, 9.17) is 11.6 Å². The molecular weight excluding hydrogens is 191 g/mol. The highest BCUT2D eigenvalue weighted by Gasteiger charge is 2.11. The van der Waals surface area contributed by atoms with E-state index in [1.54, 1.807) is 0 Å². The SMILES string of the molecule is Fc1cc(CCl)nc(C(F)F)c1. The quantitative estimate of drug-likeness (QED) is 0.662. The Morgan fingerprint density at radius 3 is 2.58 bits per heavy atom. The van der Waals surface area contributed by atoms with Crippen molar-refractivity contribution in [1.29, 1.82) is 0 Å². The molecule has 0 bridgehead atoms. The number of pyridine rings is 1. The van der Waals surface area contributed by atoms with Crippen LogP contribution in [-0.4, -0.2) is 4.98 Å². The van der Waals surface area contributed by atoms with Crippen LogP contribution in [0.15, 0.2) is 12.1 Å². The molecule has 12 heavy (non-hydrogen) atoms. The summed E-state index contributed by atoms with van der Waals surface area (Å²) in [5.74, 6) is -0.812. The summed E-state index contributed by atoms with van der Waals surface area (Å²) in [5.41, 5.74) is -0.461. The summed E-state index contributed by atoms with van der Waals surface area (Å²) in [6, 6.07) is 1.72. The molecular formula is C7H5ClF3N. The Morgan fingerprint density at radius 1 is 1.42 bits per heavy atom. The fourth-order valence-corrected chi connectivity index (χ4v) is 0.890. The van der Waals surface area contributed by atoms with Crippen LogP contribution >= 0.6 is 11.6 Å². The zero-order valence-electron chi connectivity index (χ0n) is 5.90. The molecule has 0 spiro atoms. The first-order valence-electron chi connectivity index (χ1n) is 3.14. The van der Waals surface area contributed by atoms with Gasteiger partial charge in [-0.15, -0.1) is 11.6 Å².